The maximum Gasteiger partial charge on any atom is 0.263 e. The topological polar surface area (TPSA) is 104 Å². The number of carbonyl (C=O) groups excluding carboxylic acids is 3. The molecule has 2 aromatic rings. The monoisotopic (exact) mass is 407 g/mol. The number of imide groups is 1. The Morgan fingerprint density at radius 2 is 1.83 bits per heavy atom. The molecule has 3 amide bonds. The molecular formula is C21H21N5O4. The van der Waals surface area contributed by atoms with Crippen LogP contribution in [0.25, 0.3) is 0 Å². The molecule has 2 heterocycles. The van der Waals surface area contributed by atoms with Gasteiger partial charge in [-0.25, -0.2) is 4.90 Å². The lowest BCUT2D eigenvalue weighted by atomic mass is 10.1. The van der Waals surface area contributed by atoms with E-state index in [1.54, 1.807) is 24.3 Å². The largest absolute Gasteiger partial charge is 0.497 e. The minimum absolute atomic E-state index is 0.187. The number of carbonyl (C=O) groups is 3. The fourth-order valence-electron chi connectivity index (χ4n) is 3.56. The van der Waals surface area contributed by atoms with Crippen molar-refractivity contribution in [3.05, 3.63) is 53.6 Å². The Hall–Kier alpha value is -3.75. The van der Waals surface area contributed by atoms with Crippen LogP contribution in [0.5, 0.6) is 5.75 Å². The summed E-state index contributed by atoms with van der Waals surface area (Å²) in [5.41, 5.74) is 3.14. The summed E-state index contributed by atoms with van der Waals surface area (Å²) in [6, 6.07) is 10.3. The van der Waals surface area contributed by atoms with Crippen LogP contribution < -0.4 is 15.0 Å². The molecule has 1 N–H and O–H groups in total. The maximum absolute atomic E-state index is 13.0. The summed E-state index contributed by atoms with van der Waals surface area (Å²) in [7, 11) is 1.53. The first-order valence-corrected chi connectivity index (χ1v) is 9.46. The smallest absolute Gasteiger partial charge is 0.263 e. The fraction of sp³-hybridized carbons (Fsp3) is 0.286. The molecule has 0 saturated carbocycles. The van der Waals surface area contributed by atoms with E-state index in [9.17, 15) is 14.4 Å². The lowest BCUT2D eigenvalue weighted by Crippen LogP contribution is -2.43. The molecule has 9 nitrogen and oxygen atoms in total. The summed E-state index contributed by atoms with van der Waals surface area (Å²) in [5, 5.41) is 12.0. The van der Waals surface area contributed by atoms with Gasteiger partial charge in [0.25, 0.3) is 11.8 Å². The van der Waals surface area contributed by atoms with Gasteiger partial charge in [-0.15, -0.1) is 0 Å². The van der Waals surface area contributed by atoms with Gasteiger partial charge in [-0.05, 0) is 55.3 Å². The van der Waals surface area contributed by atoms with E-state index in [4.69, 9.17) is 4.74 Å². The molecule has 0 bridgehead atoms. The van der Waals surface area contributed by atoms with Crippen LogP contribution in [0.3, 0.4) is 0 Å². The van der Waals surface area contributed by atoms with Crippen LogP contribution in [0.1, 0.15) is 11.1 Å². The van der Waals surface area contributed by atoms with Gasteiger partial charge in [-0.3, -0.25) is 19.4 Å². The number of rotatable bonds is 5. The van der Waals surface area contributed by atoms with Crippen LogP contribution in [0.2, 0.25) is 0 Å². The van der Waals surface area contributed by atoms with Gasteiger partial charge in [0.15, 0.2) is 12.1 Å². The molecule has 0 spiro atoms. The molecule has 2 atom stereocenters. The molecule has 4 rings (SSSR count). The second-order valence-corrected chi connectivity index (χ2v) is 7.20. The number of methoxy groups -OCH3 is 1. The van der Waals surface area contributed by atoms with E-state index in [0.29, 0.717) is 17.1 Å². The Kier molecular flexibility index (Phi) is 4.94. The summed E-state index contributed by atoms with van der Waals surface area (Å²) >= 11 is 0. The Morgan fingerprint density at radius 3 is 2.53 bits per heavy atom. The highest BCUT2D eigenvalue weighted by atomic mass is 16.5. The van der Waals surface area contributed by atoms with Gasteiger partial charge in [-0.1, -0.05) is 17.4 Å². The van der Waals surface area contributed by atoms with Gasteiger partial charge < -0.3 is 10.1 Å². The summed E-state index contributed by atoms with van der Waals surface area (Å²) in [6.07, 6.45) is 0. The number of aryl methyl sites for hydroxylation is 1. The zero-order valence-electron chi connectivity index (χ0n) is 16.8. The van der Waals surface area contributed by atoms with Crippen LogP contribution >= 0.6 is 0 Å². The summed E-state index contributed by atoms with van der Waals surface area (Å²) in [6.45, 7) is 3.69. The van der Waals surface area contributed by atoms with Gasteiger partial charge >= 0.3 is 0 Å². The van der Waals surface area contributed by atoms with Gasteiger partial charge in [0.2, 0.25) is 5.91 Å². The average molecular weight is 407 g/mol. The van der Waals surface area contributed by atoms with Gasteiger partial charge in [0.1, 0.15) is 12.3 Å². The van der Waals surface area contributed by atoms with Gasteiger partial charge in [0.05, 0.1) is 12.8 Å². The lowest BCUT2D eigenvalue weighted by Gasteiger charge is -2.20. The number of ether oxygens (including phenoxy) is 1. The predicted molar refractivity (Wildman–Crippen MR) is 109 cm³/mol. The summed E-state index contributed by atoms with van der Waals surface area (Å²) < 4.78 is 5.11. The highest BCUT2D eigenvalue weighted by Crippen LogP contribution is 2.32. The standard InChI is InChI=1S/C21H21N5O4/c1-12-5-4-6-16(13(12)2)22-17(27)11-25-19-18(23-24-25)20(28)26(21(19)29)14-7-9-15(30-3)10-8-14/h4-10,18-19H,11H2,1-3H3,(H,22,27)/t18-,19-/m1/s1. The molecule has 0 radical (unpaired) electrons. The first kappa shape index (κ1) is 19.6. The van der Waals surface area contributed by atoms with E-state index in [1.807, 2.05) is 32.0 Å². The van der Waals surface area contributed by atoms with Crippen molar-refractivity contribution in [2.24, 2.45) is 10.3 Å². The van der Waals surface area contributed by atoms with Crippen molar-refractivity contribution in [1.29, 1.82) is 0 Å². The molecule has 30 heavy (non-hydrogen) atoms. The third-order valence-electron chi connectivity index (χ3n) is 5.37. The van der Waals surface area contributed by atoms with Crippen molar-refractivity contribution in [2.45, 2.75) is 25.9 Å². The number of nitrogens with one attached hydrogen (secondary N) is 1. The predicted octanol–water partition coefficient (Wildman–Crippen LogP) is 2.24. The minimum atomic E-state index is -0.951. The van der Waals surface area contributed by atoms with Crippen LogP contribution in [-0.4, -0.2) is 48.5 Å². The molecule has 2 aliphatic rings. The fourth-order valence-corrected chi connectivity index (χ4v) is 3.56. The van der Waals surface area contributed by atoms with E-state index in [-0.39, 0.29) is 12.5 Å². The number of nitrogens with zero attached hydrogens (tertiary/aromatic N) is 4. The molecule has 154 valence electrons. The Morgan fingerprint density at radius 1 is 1.10 bits per heavy atom. The number of benzene rings is 2. The van der Waals surface area contributed by atoms with Crippen LogP contribution in [-0.2, 0) is 14.4 Å². The highest BCUT2D eigenvalue weighted by molar-refractivity contribution is 6.25. The molecule has 9 heteroatoms. The molecule has 0 aromatic heterocycles. The van der Waals surface area contributed by atoms with Crippen LogP contribution in [0.4, 0.5) is 11.4 Å². The normalized spacial score (nSPS) is 20.0. The molecule has 2 aromatic carbocycles. The van der Waals surface area contributed by atoms with E-state index >= 15 is 0 Å². The lowest BCUT2D eigenvalue weighted by molar-refractivity contribution is -0.123. The van der Waals surface area contributed by atoms with Crippen molar-refractivity contribution in [3.8, 4) is 5.75 Å². The maximum atomic E-state index is 13.0. The molecule has 0 aliphatic carbocycles. The number of anilines is 2. The second kappa shape index (κ2) is 7.58. The Balaban J connectivity index is 1.49. The van der Waals surface area contributed by atoms with E-state index < -0.39 is 23.9 Å². The third kappa shape index (κ3) is 3.28. The van der Waals surface area contributed by atoms with Gasteiger partial charge in [-0.2, -0.15) is 5.11 Å². The van der Waals surface area contributed by atoms with E-state index in [2.05, 4.69) is 15.7 Å². The first-order chi connectivity index (χ1) is 14.4. The molecule has 1 saturated heterocycles. The zero-order valence-corrected chi connectivity index (χ0v) is 16.8. The molecular weight excluding hydrogens is 386 g/mol. The Bertz CT molecular complexity index is 1050. The van der Waals surface area contributed by atoms with Crippen LogP contribution in [0.15, 0.2) is 52.8 Å². The van der Waals surface area contributed by atoms with Crippen molar-refractivity contribution < 1.29 is 19.1 Å². The Labute approximate surface area is 173 Å². The zero-order chi connectivity index (χ0) is 21.4. The van der Waals surface area contributed by atoms with Crippen molar-refractivity contribution in [1.82, 2.24) is 5.01 Å². The quantitative estimate of drug-likeness (QED) is 0.766. The van der Waals surface area contributed by atoms with Crippen molar-refractivity contribution in [3.63, 3.8) is 0 Å². The number of hydrogen-bond acceptors (Lipinski definition) is 7. The first-order valence-electron chi connectivity index (χ1n) is 9.46. The van der Waals surface area contributed by atoms with E-state index in [0.717, 1.165) is 16.0 Å². The van der Waals surface area contributed by atoms with E-state index in [1.165, 1.54) is 12.1 Å². The minimum Gasteiger partial charge on any atom is -0.497 e. The molecule has 2 aliphatic heterocycles. The molecule has 1 fully saturated rings. The summed E-state index contributed by atoms with van der Waals surface area (Å²) in [5.74, 6) is -0.648. The average Bonchev–Trinajstić information content (AvgIpc) is 3.25. The number of hydrogen-bond donors (Lipinski definition) is 1. The number of amides is 3. The van der Waals surface area contributed by atoms with Crippen molar-refractivity contribution in [2.75, 3.05) is 23.9 Å². The summed E-state index contributed by atoms with van der Waals surface area (Å²) in [4.78, 5) is 39.4. The third-order valence-corrected chi connectivity index (χ3v) is 5.37. The van der Waals surface area contributed by atoms with Gasteiger partial charge in [0, 0.05) is 5.69 Å². The number of fused-ring (bicyclic) bond motifs is 1. The van der Waals surface area contributed by atoms with Crippen LogP contribution in [0, 0.1) is 13.8 Å². The molecule has 0 unspecified atom stereocenters. The van der Waals surface area contributed by atoms with Crippen molar-refractivity contribution >= 4 is 29.1 Å². The SMILES string of the molecule is COc1ccc(N2C(=O)[C@@H]3N=NN(CC(=O)Nc4cccc(C)c4C)[C@H]3C2=O)cc1. The highest BCUT2D eigenvalue weighted by Gasteiger charge is 2.55. The second-order valence-electron chi connectivity index (χ2n) is 7.20.